The van der Waals surface area contributed by atoms with Gasteiger partial charge in [-0.2, -0.15) is 4.68 Å². The van der Waals surface area contributed by atoms with Crippen LogP contribution in [0.1, 0.15) is 0 Å². The molecule has 20 heavy (non-hydrogen) atoms. The van der Waals surface area contributed by atoms with Gasteiger partial charge in [0.2, 0.25) is 0 Å². The molecule has 0 radical (unpaired) electrons. The average molecular weight is 273 g/mol. The Morgan fingerprint density at radius 2 is 1.75 bits per heavy atom. The molecule has 7 heteroatoms. The molecule has 0 fully saturated rings. The number of nitrogen functional groups attached to an aromatic ring is 1. The highest BCUT2D eigenvalue weighted by atomic mass is 19.1. The van der Waals surface area contributed by atoms with Crippen LogP contribution >= 0.6 is 0 Å². The summed E-state index contributed by atoms with van der Waals surface area (Å²) in [5, 5.41) is 11.1. The molecule has 0 aliphatic rings. The number of hydrogen-bond acceptors (Lipinski definition) is 4. The van der Waals surface area contributed by atoms with Crippen molar-refractivity contribution in [3.05, 3.63) is 54.1 Å². The Morgan fingerprint density at radius 1 is 1.00 bits per heavy atom. The van der Waals surface area contributed by atoms with Crippen LogP contribution in [-0.4, -0.2) is 20.2 Å². The van der Waals surface area contributed by atoms with Crippen molar-refractivity contribution < 1.29 is 8.78 Å². The molecule has 0 spiro atoms. The van der Waals surface area contributed by atoms with Gasteiger partial charge in [0.25, 0.3) is 0 Å². The molecule has 0 amide bonds. The van der Waals surface area contributed by atoms with Gasteiger partial charge < -0.3 is 5.73 Å². The van der Waals surface area contributed by atoms with E-state index in [4.69, 9.17) is 5.73 Å². The molecule has 0 saturated heterocycles. The molecule has 3 rings (SSSR count). The predicted octanol–water partition coefficient (Wildman–Crippen LogP) is 2.19. The van der Waals surface area contributed by atoms with E-state index < -0.39 is 11.6 Å². The summed E-state index contributed by atoms with van der Waals surface area (Å²) in [6.45, 7) is 0. The van der Waals surface area contributed by atoms with Crippen LogP contribution in [0, 0.1) is 11.6 Å². The third kappa shape index (κ3) is 2.09. The Bertz CT molecular complexity index is 752. The van der Waals surface area contributed by atoms with E-state index in [2.05, 4.69) is 15.5 Å². The molecule has 0 aliphatic carbocycles. The van der Waals surface area contributed by atoms with Crippen LogP contribution in [0.15, 0.2) is 42.5 Å². The van der Waals surface area contributed by atoms with Crippen LogP contribution in [0.4, 0.5) is 14.5 Å². The number of tetrazole rings is 1. The van der Waals surface area contributed by atoms with E-state index in [9.17, 15) is 8.78 Å². The first-order chi connectivity index (χ1) is 9.65. The molecular formula is C13H9F2N5. The first-order valence-corrected chi connectivity index (χ1v) is 5.75. The molecule has 2 N–H and O–H groups in total. The zero-order valence-electron chi connectivity index (χ0n) is 10.2. The standard InChI is InChI=1S/C13H9F2N5/c14-9-3-6-11(15)12(7-9)20-13(17-18-19-20)8-1-4-10(16)5-2-8/h1-7H,16H2. The van der Waals surface area contributed by atoms with Crippen LogP contribution in [-0.2, 0) is 0 Å². The fourth-order valence-electron chi connectivity index (χ4n) is 1.81. The fraction of sp³-hybridized carbons (Fsp3) is 0. The summed E-state index contributed by atoms with van der Waals surface area (Å²) < 4.78 is 28.2. The minimum Gasteiger partial charge on any atom is -0.399 e. The van der Waals surface area contributed by atoms with Gasteiger partial charge in [0, 0.05) is 17.3 Å². The van der Waals surface area contributed by atoms with Gasteiger partial charge in [0.05, 0.1) is 0 Å². The lowest BCUT2D eigenvalue weighted by Gasteiger charge is -2.06. The number of nitrogens with two attached hydrogens (primary N) is 1. The molecule has 0 atom stereocenters. The Hall–Kier alpha value is -2.83. The monoisotopic (exact) mass is 273 g/mol. The van der Waals surface area contributed by atoms with E-state index >= 15 is 0 Å². The molecule has 1 heterocycles. The van der Waals surface area contributed by atoms with Gasteiger partial charge in [-0.25, -0.2) is 8.78 Å². The van der Waals surface area contributed by atoms with Crippen molar-refractivity contribution in [3.8, 4) is 17.1 Å². The maximum atomic E-state index is 13.8. The Balaban J connectivity index is 2.15. The summed E-state index contributed by atoms with van der Waals surface area (Å²) in [5.74, 6) is -0.884. The highest BCUT2D eigenvalue weighted by molar-refractivity contribution is 5.60. The molecule has 0 unspecified atom stereocenters. The Kier molecular flexibility index (Phi) is 2.86. The van der Waals surface area contributed by atoms with Gasteiger partial charge in [0.15, 0.2) is 5.82 Å². The van der Waals surface area contributed by atoms with Crippen molar-refractivity contribution in [3.63, 3.8) is 0 Å². The Morgan fingerprint density at radius 3 is 2.50 bits per heavy atom. The van der Waals surface area contributed by atoms with Gasteiger partial charge in [-0.1, -0.05) is 0 Å². The summed E-state index contributed by atoms with van der Waals surface area (Å²) in [7, 11) is 0. The first-order valence-electron chi connectivity index (χ1n) is 5.75. The number of anilines is 1. The second-order valence-corrected chi connectivity index (χ2v) is 4.13. The number of aromatic nitrogens is 4. The normalized spacial score (nSPS) is 10.7. The smallest absolute Gasteiger partial charge is 0.187 e. The largest absolute Gasteiger partial charge is 0.399 e. The lowest BCUT2D eigenvalue weighted by atomic mass is 10.2. The summed E-state index contributed by atoms with van der Waals surface area (Å²) in [6, 6.07) is 9.85. The predicted molar refractivity (Wildman–Crippen MR) is 68.9 cm³/mol. The maximum absolute atomic E-state index is 13.8. The second-order valence-electron chi connectivity index (χ2n) is 4.13. The van der Waals surface area contributed by atoms with Crippen molar-refractivity contribution in [2.75, 3.05) is 5.73 Å². The molecule has 5 nitrogen and oxygen atoms in total. The lowest BCUT2D eigenvalue weighted by molar-refractivity contribution is 0.584. The number of nitrogens with zero attached hydrogens (tertiary/aromatic N) is 4. The summed E-state index contributed by atoms with van der Waals surface area (Å²) in [4.78, 5) is 0. The SMILES string of the molecule is Nc1ccc(-c2nnnn2-c2cc(F)ccc2F)cc1. The molecule has 0 saturated carbocycles. The molecule has 3 aromatic rings. The average Bonchev–Trinajstić information content (AvgIpc) is 2.91. The fourth-order valence-corrected chi connectivity index (χ4v) is 1.81. The van der Waals surface area contributed by atoms with E-state index in [0.29, 0.717) is 17.1 Å². The molecule has 100 valence electrons. The second kappa shape index (κ2) is 4.69. The maximum Gasteiger partial charge on any atom is 0.187 e. The van der Waals surface area contributed by atoms with Crippen LogP contribution in [0.3, 0.4) is 0 Å². The number of hydrogen-bond donors (Lipinski definition) is 1. The number of halogens is 2. The molecular weight excluding hydrogens is 264 g/mol. The van der Waals surface area contributed by atoms with E-state index in [1.807, 2.05) is 0 Å². The Labute approximate surface area is 112 Å². The molecule has 0 aliphatic heterocycles. The molecule has 2 aromatic carbocycles. The van der Waals surface area contributed by atoms with Gasteiger partial charge in [-0.15, -0.1) is 5.10 Å². The number of rotatable bonds is 2. The van der Waals surface area contributed by atoms with Gasteiger partial charge in [-0.3, -0.25) is 0 Å². The third-order valence-corrected chi connectivity index (χ3v) is 2.77. The van der Waals surface area contributed by atoms with Crippen molar-refractivity contribution >= 4 is 5.69 Å². The minimum atomic E-state index is -0.615. The zero-order valence-corrected chi connectivity index (χ0v) is 10.2. The van der Waals surface area contributed by atoms with E-state index in [-0.39, 0.29) is 5.69 Å². The van der Waals surface area contributed by atoms with E-state index in [1.54, 1.807) is 24.3 Å². The summed E-state index contributed by atoms with van der Waals surface area (Å²) in [5.41, 5.74) is 6.79. The van der Waals surface area contributed by atoms with Crippen LogP contribution in [0.2, 0.25) is 0 Å². The van der Waals surface area contributed by atoms with Gasteiger partial charge in [-0.05, 0) is 46.8 Å². The van der Waals surface area contributed by atoms with Gasteiger partial charge in [0.1, 0.15) is 17.3 Å². The summed E-state index contributed by atoms with van der Waals surface area (Å²) >= 11 is 0. The van der Waals surface area contributed by atoms with Crippen LogP contribution in [0.5, 0.6) is 0 Å². The van der Waals surface area contributed by atoms with Crippen molar-refractivity contribution in [2.24, 2.45) is 0 Å². The van der Waals surface area contributed by atoms with Gasteiger partial charge >= 0.3 is 0 Å². The molecule has 1 aromatic heterocycles. The minimum absolute atomic E-state index is 0.0539. The number of benzene rings is 2. The van der Waals surface area contributed by atoms with Crippen LogP contribution in [0.25, 0.3) is 17.1 Å². The van der Waals surface area contributed by atoms with Crippen molar-refractivity contribution in [2.45, 2.75) is 0 Å². The third-order valence-electron chi connectivity index (χ3n) is 2.77. The first kappa shape index (κ1) is 12.2. The quantitative estimate of drug-likeness (QED) is 0.727. The lowest BCUT2D eigenvalue weighted by Crippen LogP contribution is -2.03. The highest BCUT2D eigenvalue weighted by Crippen LogP contribution is 2.22. The van der Waals surface area contributed by atoms with Crippen molar-refractivity contribution in [1.29, 1.82) is 0 Å². The summed E-state index contributed by atoms with van der Waals surface area (Å²) in [6.07, 6.45) is 0. The van der Waals surface area contributed by atoms with E-state index in [0.717, 1.165) is 22.9 Å². The highest BCUT2D eigenvalue weighted by Gasteiger charge is 2.14. The topological polar surface area (TPSA) is 69.6 Å². The van der Waals surface area contributed by atoms with E-state index in [1.165, 1.54) is 0 Å². The van der Waals surface area contributed by atoms with Crippen molar-refractivity contribution in [1.82, 2.24) is 20.2 Å². The zero-order chi connectivity index (χ0) is 14.1. The van der Waals surface area contributed by atoms with Crippen LogP contribution < -0.4 is 5.73 Å². The molecule has 0 bridgehead atoms.